The third-order valence-electron chi connectivity index (χ3n) is 3.06. The predicted molar refractivity (Wildman–Crippen MR) is 69.3 cm³/mol. The van der Waals surface area contributed by atoms with Crippen molar-refractivity contribution in [3.8, 4) is 0 Å². The maximum absolute atomic E-state index is 11.3. The number of urea groups is 1. The van der Waals surface area contributed by atoms with E-state index in [9.17, 15) is 4.79 Å². The predicted octanol–water partition coefficient (Wildman–Crippen LogP) is 1.54. The van der Waals surface area contributed by atoms with Gasteiger partial charge in [-0.1, -0.05) is 18.2 Å². The molecule has 2 rings (SSSR count). The van der Waals surface area contributed by atoms with Crippen molar-refractivity contribution < 1.29 is 4.79 Å². The largest absolute Gasteiger partial charge is 0.375 e. The highest BCUT2D eigenvalue weighted by Gasteiger charge is 2.18. The van der Waals surface area contributed by atoms with Crippen LogP contribution in [0.25, 0.3) is 0 Å². The summed E-state index contributed by atoms with van der Waals surface area (Å²) in [5.74, 6) is 0. The number of carbonyl (C=O) groups excluding carboxylic acids is 1. The highest BCUT2D eigenvalue weighted by molar-refractivity contribution is 5.76. The molecule has 0 aromatic heterocycles. The van der Waals surface area contributed by atoms with E-state index in [0.29, 0.717) is 0 Å². The van der Waals surface area contributed by atoms with Crippen molar-refractivity contribution in [1.82, 2.24) is 10.2 Å². The summed E-state index contributed by atoms with van der Waals surface area (Å²) in [7, 11) is 2.08. The van der Waals surface area contributed by atoms with Crippen LogP contribution in [-0.4, -0.2) is 44.2 Å². The van der Waals surface area contributed by atoms with Crippen molar-refractivity contribution in [2.45, 2.75) is 6.42 Å². The van der Waals surface area contributed by atoms with Crippen LogP contribution in [0.1, 0.15) is 6.42 Å². The van der Waals surface area contributed by atoms with Gasteiger partial charge in [0.2, 0.25) is 0 Å². The third-order valence-corrected chi connectivity index (χ3v) is 3.06. The molecule has 0 aliphatic carbocycles. The van der Waals surface area contributed by atoms with Crippen molar-refractivity contribution in [1.29, 1.82) is 0 Å². The molecule has 17 heavy (non-hydrogen) atoms. The van der Waals surface area contributed by atoms with E-state index in [2.05, 4.69) is 29.4 Å². The van der Waals surface area contributed by atoms with Crippen molar-refractivity contribution in [3.63, 3.8) is 0 Å². The normalized spacial score (nSPS) is 14.9. The number of rotatable bonds is 5. The molecule has 4 nitrogen and oxygen atoms in total. The van der Waals surface area contributed by atoms with E-state index in [1.165, 1.54) is 5.69 Å². The van der Waals surface area contributed by atoms with E-state index in [1.807, 2.05) is 23.1 Å². The maximum atomic E-state index is 11.3. The first kappa shape index (κ1) is 11.8. The molecule has 1 fully saturated rings. The second kappa shape index (κ2) is 5.57. The summed E-state index contributed by atoms with van der Waals surface area (Å²) in [4.78, 5) is 15.4. The number of hydrogen-bond acceptors (Lipinski definition) is 2. The number of amides is 2. The van der Waals surface area contributed by atoms with Gasteiger partial charge in [0.15, 0.2) is 0 Å². The van der Waals surface area contributed by atoms with Gasteiger partial charge < -0.3 is 15.1 Å². The number of carbonyl (C=O) groups is 1. The fraction of sp³-hybridized carbons (Fsp3) is 0.462. The third kappa shape index (κ3) is 3.12. The number of nitrogens with one attached hydrogen (secondary N) is 1. The molecule has 0 radical (unpaired) electrons. The average molecular weight is 233 g/mol. The Morgan fingerprint density at radius 2 is 2.12 bits per heavy atom. The van der Waals surface area contributed by atoms with Crippen LogP contribution >= 0.6 is 0 Å². The Hall–Kier alpha value is -1.71. The Balaban J connectivity index is 1.73. The second-order valence-corrected chi connectivity index (χ2v) is 4.33. The molecule has 4 heteroatoms. The minimum absolute atomic E-state index is 0.0763. The summed E-state index contributed by atoms with van der Waals surface area (Å²) in [5.41, 5.74) is 1.22. The van der Waals surface area contributed by atoms with E-state index in [0.717, 1.165) is 32.6 Å². The van der Waals surface area contributed by atoms with Crippen molar-refractivity contribution in [2.24, 2.45) is 0 Å². The number of anilines is 1. The van der Waals surface area contributed by atoms with Gasteiger partial charge in [-0.05, 0) is 18.6 Å². The van der Waals surface area contributed by atoms with E-state index >= 15 is 0 Å². The van der Waals surface area contributed by atoms with Crippen LogP contribution in [-0.2, 0) is 0 Å². The SMILES string of the molecule is CN(CCCN1CCNC1=O)c1ccccc1. The summed E-state index contributed by atoms with van der Waals surface area (Å²) >= 11 is 0. The average Bonchev–Trinajstić information content (AvgIpc) is 2.76. The van der Waals surface area contributed by atoms with Crippen LogP contribution in [0.15, 0.2) is 30.3 Å². The zero-order valence-electron chi connectivity index (χ0n) is 10.2. The highest BCUT2D eigenvalue weighted by atomic mass is 16.2. The van der Waals surface area contributed by atoms with Gasteiger partial charge in [0.1, 0.15) is 0 Å². The minimum atomic E-state index is 0.0763. The van der Waals surface area contributed by atoms with Crippen LogP contribution in [0.3, 0.4) is 0 Å². The number of hydrogen-bond donors (Lipinski definition) is 1. The summed E-state index contributed by atoms with van der Waals surface area (Å²) < 4.78 is 0. The standard InChI is InChI=1S/C13H19N3O/c1-15(12-6-3-2-4-7-12)9-5-10-16-11-8-14-13(16)17/h2-4,6-7H,5,8-11H2,1H3,(H,14,17). The lowest BCUT2D eigenvalue weighted by Gasteiger charge is -2.21. The molecule has 1 aliphatic heterocycles. The molecule has 1 saturated heterocycles. The molecular formula is C13H19N3O. The van der Waals surface area contributed by atoms with Crippen LogP contribution in [0, 0.1) is 0 Å². The summed E-state index contributed by atoms with van der Waals surface area (Å²) in [6, 6.07) is 10.4. The minimum Gasteiger partial charge on any atom is -0.375 e. The molecule has 0 spiro atoms. The van der Waals surface area contributed by atoms with Gasteiger partial charge in [-0.15, -0.1) is 0 Å². The van der Waals surface area contributed by atoms with E-state index in [-0.39, 0.29) is 6.03 Å². The lowest BCUT2D eigenvalue weighted by molar-refractivity contribution is 0.217. The van der Waals surface area contributed by atoms with Crippen molar-refractivity contribution in [2.75, 3.05) is 38.1 Å². The van der Waals surface area contributed by atoms with Crippen LogP contribution in [0.5, 0.6) is 0 Å². The zero-order chi connectivity index (χ0) is 12.1. The molecule has 0 bridgehead atoms. The Morgan fingerprint density at radius 3 is 2.76 bits per heavy atom. The number of para-hydroxylation sites is 1. The first-order valence-corrected chi connectivity index (χ1v) is 6.06. The van der Waals surface area contributed by atoms with Gasteiger partial charge in [-0.2, -0.15) is 0 Å². The van der Waals surface area contributed by atoms with E-state index < -0.39 is 0 Å². The molecule has 92 valence electrons. The molecule has 1 aromatic carbocycles. The number of nitrogens with zero attached hydrogens (tertiary/aromatic N) is 2. The molecule has 0 atom stereocenters. The lowest BCUT2D eigenvalue weighted by atomic mass is 10.3. The quantitative estimate of drug-likeness (QED) is 0.837. The van der Waals surface area contributed by atoms with Crippen LogP contribution in [0.4, 0.5) is 10.5 Å². The Kier molecular flexibility index (Phi) is 3.85. The van der Waals surface area contributed by atoms with E-state index in [1.54, 1.807) is 0 Å². The summed E-state index contributed by atoms with van der Waals surface area (Å²) in [6.45, 7) is 3.43. The molecule has 1 aliphatic rings. The fourth-order valence-corrected chi connectivity index (χ4v) is 2.03. The zero-order valence-corrected chi connectivity index (χ0v) is 10.2. The smallest absolute Gasteiger partial charge is 0.317 e. The number of benzene rings is 1. The van der Waals surface area contributed by atoms with Gasteiger partial charge in [0.05, 0.1) is 0 Å². The Bertz CT molecular complexity index is 366. The molecule has 2 amide bonds. The lowest BCUT2D eigenvalue weighted by Crippen LogP contribution is -2.31. The van der Waals surface area contributed by atoms with Gasteiger partial charge in [0, 0.05) is 38.9 Å². The summed E-state index contributed by atoms with van der Waals surface area (Å²) in [6.07, 6.45) is 0.999. The summed E-state index contributed by atoms with van der Waals surface area (Å²) in [5, 5.41) is 2.81. The first-order valence-electron chi connectivity index (χ1n) is 6.06. The maximum Gasteiger partial charge on any atom is 0.317 e. The van der Waals surface area contributed by atoms with Gasteiger partial charge >= 0.3 is 6.03 Å². The molecule has 0 saturated carbocycles. The van der Waals surface area contributed by atoms with Crippen molar-refractivity contribution in [3.05, 3.63) is 30.3 Å². The Labute approximate surface area is 102 Å². The Morgan fingerprint density at radius 1 is 1.35 bits per heavy atom. The first-order chi connectivity index (χ1) is 8.27. The molecule has 0 unspecified atom stereocenters. The second-order valence-electron chi connectivity index (χ2n) is 4.33. The highest BCUT2D eigenvalue weighted by Crippen LogP contribution is 2.11. The fourth-order valence-electron chi connectivity index (χ4n) is 2.03. The molecular weight excluding hydrogens is 214 g/mol. The van der Waals surface area contributed by atoms with Crippen molar-refractivity contribution >= 4 is 11.7 Å². The van der Waals surface area contributed by atoms with E-state index in [4.69, 9.17) is 0 Å². The molecule has 1 N–H and O–H groups in total. The van der Waals surface area contributed by atoms with Crippen LogP contribution < -0.4 is 10.2 Å². The monoisotopic (exact) mass is 233 g/mol. The van der Waals surface area contributed by atoms with Gasteiger partial charge in [-0.25, -0.2) is 4.79 Å². The molecule has 1 heterocycles. The van der Waals surface area contributed by atoms with Gasteiger partial charge in [-0.3, -0.25) is 0 Å². The van der Waals surface area contributed by atoms with Crippen LogP contribution in [0.2, 0.25) is 0 Å². The molecule has 1 aromatic rings. The topological polar surface area (TPSA) is 35.6 Å². The van der Waals surface area contributed by atoms with Gasteiger partial charge in [0.25, 0.3) is 0 Å².